The summed E-state index contributed by atoms with van der Waals surface area (Å²) >= 11 is 0. The predicted molar refractivity (Wildman–Crippen MR) is 107 cm³/mol. The van der Waals surface area contributed by atoms with Gasteiger partial charge in [-0.05, 0) is 38.0 Å². The molecule has 0 unspecified atom stereocenters. The van der Waals surface area contributed by atoms with Gasteiger partial charge in [0.15, 0.2) is 0 Å². The van der Waals surface area contributed by atoms with Crippen LogP contribution in [0.2, 0.25) is 0 Å². The second-order valence-corrected chi connectivity index (χ2v) is 9.43. The van der Waals surface area contributed by atoms with Gasteiger partial charge in [0.2, 0.25) is 0 Å². The highest BCUT2D eigenvalue weighted by molar-refractivity contribution is 5.27. The Bertz CT molecular complexity index is 511. The number of ether oxygens (including phenoxy) is 6. The van der Waals surface area contributed by atoms with E-state index in [0.29, 0.717) is 72.0 Å². The van der Waals surface area contributed by atoms with E-state index in [0.717, 1.165) is 0 Å². The quantitative estimate of drug-likeness (QED) is 0.623. The minimum Gasteiger partial charge on any atom is -0.377 e. The summed E-state index contributed by atoms with van der Waals surface area (Å²) in [5, 5.41) is 0. The van der Waals surface area contributed by atoms with Crippen LogP contribution in [-0.2, 0) is 28.4 Å². The van der Waals surface area contributed by atoms with Gasteiger partial charge in [-0.2, -0.15) is 0 Å². The molecule has 1 saturated heterocycles. The summed E-state index contributed by atoms with van der Waals surface area (Å²) in [6, 6.07) is 0. The van der Waals surface area contributed by atoms with E-state index in [1.807, 2.05) is 0 Å². The molecule has 6 heteroatoms. The number of fused-ring (bicyclic) bond motifs is 5. The molecule has 3 aliphatic rings. The Morgan fingerprint density at radius 3 is 1.50 bits per heavy atom. The maximum absolute atomic E-state index is 6.62. The highest BCUT2D eigenvalue weighted by Crippen LogP contribution is 2.75. The highest BCUT2D eigenvalue weighted by Gasteiger charge is 2.78. The maximum atomic E-state index is 6.62. The number of hydrogen-bond acceptors (Lipinski definition) is 6. The van der Waals surface area contributed by atoms with Crippen molar-refractivity contribution in [1.82, 2.24) is 0 Å². The van der Waals surface area contributed by atoms with Gasteiger partial charge < -0.3 is 28.4 Å². The van der Waals surface area contributed by atoms with Gasteiger partial charge in [-0.25, -0.2) is 0 Å². The van der Waals surface area contributed by atoms with Crippen molar-refractivity contribution in [2.45, 2.75) is 58.7 Å². The molecule has 2 bridgehead atoms. The highest BCUT2D eigenvalue weighted by atomic mass is 16.6. The molecular formula is C22H40O6. The second kappa shape index (κ2) is 8.86. The lowest BCUT2D eigenvalue weighted by atomic mass is 9.63. The maximum Gasteiger partial charge on any atom is 0.100 e. The summed E-state index contributed by atoms with van der Waals surface area (Å²) in [5.74, 6) is 0.457. The monoisotopic (exact) mass is 400 g/mol. The van der Waals surface area contributed by atoms with Gasteiger partial charge in [0.05, 0.1) is 71.7 Å². The molecule has 3 fully saturated rings. The van der Waals surface area contributed by atoms with Crippen LogP contribution in [0.15, 0.2) is 0 Å². The van der Waals surface area contributed by atoms with E-state index in [9.17, 15) is 0 Å². The van der Waals surface area contributed by atoms with E-state index in [-0.39, 0.29) is 22.0 Å². The first kappa shape index (κ1) is 22.4. The lowest BCUT2D eigenvalue weighted by molar-refractivity contribution is -0.243. The molecule has 0 radical (unpaired) electrons. The summed E-state index contributed by atoms with van der Waals surface area (Å²) in [4.78, 5) is 0. The van der Waals surface area contributed by atoms with E-state index < -0.39 is 0 Å². The molecule has 1 heterocycles. The Labute approximate surface area is 170 Å². The number of hydrogen-bond donors (Lipinski definition) is 0. The molecule has 0 aromatic heterocycles. The number of rotatable bonds is 0. The molecule has 164 valence electrons. The first-order chi connectivity index (χ1) is 13.3. The Hall–Kier alpha value is -0.240. The first-order valence-corrected chi connectivity index (χ1v) is 10.9. The zero-order valence-electron chi connectivity index (χ0n) is 18.5. The van der Waals surface area contributed by atoms with Crippen LogP contribution in [-0.4, -0.2) is 77.3 Å². The molecule has 0 N–H and O–H groups in total. The average Bonchev–Trinajstić information content (AvgIpc) is 2.94. The zero-order chi connectivity index (χ0) is 20.3. The first-order valence-electron chi connectivity index (χ1n) is 10.9. The fourth-order valence-electron chi connectivity index (χ4n) is 6.12. The van der Waals surface area contributed by atoms with Gasteiger partial charge in [0.25, 0.3) is 0 Å². The summed E-state index contributed by atoms with van der Waals surface area (Å²) in [7, 11) is 0. The van der Waals surface area contributed by atoms with Gasteiger partial charge in [-0.3, -0.25) is 0 Å². The van der Waals surface area contributed by atoms with Gasteiger partial charge >= 0.3 is 0 Å². The molecule has 6 nitrogen and oxygen atoms in total. The van der Waals surface area contributed by atoms with E-state index in [4.69, 9.17) is 28.4 Å². The Morgan fingerprint density at radius 2 is 1.00 bits per heavy atom. The average molecular weight is 401 g/mol. The minimum absolute atomic E-state index is 0.0536. The molecule has 3 rings (SSSR count). The zero-order valence-corrected chi connectivity index (χ0v) is 18.5. The topological polar surface area (TPSA) is 55.4 Å². The Balaban J connectivity index is 1.71. The Kier molecular flexibility index (Phi) is 7.11. The van der Waals surface area contributed by atoms with Crippen molar-refractivity contribution >= 4 is 0 Å². The van der Waals surface area contributed by atoms with Crippen molar-refractivity contribution in [3.05, 3.63) is 0 Å². The van der Waals surface area contributed by atoms with Crippen molar-refractivity contribution in [2.75, 3.05) is 66.1 Å². The SMILES string of the molecule is CC1(C)[C@@H]2CC[C@@]1(C)[C@]1(C)OCCOCCOCCOCCOCCO[C@]21C. The summed E-state index contributed by atoms with van der Waals surface area (Å²) < 4.78 is 35.7. The molecule has 0 aromatic rings. The normalized spacial score (nSPS) is 43.8. The lowest BCUT2D eigenvalue weighted by Gasteiger charge is -2.53. The van der Waals surface area contributed by atoms with Crippen LogP contribution in [0.4, 0.5) is 0 Å². The van der Waals surface area contributed by atoms with Gasteiger partial charge in [-0.1, -0.05) is 20.8 Å². The summed E-state index contributed by atoms with van der Waals surface area (Å²) in [6.07, 6.45) is 2.35. The third-order valence-electron chi connectivity index (χ3n) is 8.26. The van der Waals surface area contributed by atoms with Crippen LogP contribution in [0, 0.1) is 16.7 Å². The summed E-state index contributed by atoms with van der Waals surface area (Å²) in [6.45, 7) is 17.4. The van der Waals surface area contributed by atoms with E-state index in [2.05, 4.69) is 34.6 Å². The van der Waals surface area contributed by atoms with Crippen molar-refractivity contribution in [2.24, 2.45) is 16.7 Å². The third-order valence-corrected chi connectivity index (χ3v) is 8.26. The van der Waals surface area contributed by atoms with Crippen molar-refractivity contribution < 1.29 is 28.4 Å². The van der Waals surface area contributed by atoms with Crippen LogP contribution >= 0.6 is 0 Å². The van der Waals surface area contributed by atoms with Crippen LogP contribution in [0.1, 0.15) is 47.5 Å². The van der Waals surface area contributed by atoms with Crippen molar-refractivity contribution in [3.8, 4) is 0 Å². The van der Waals surface area contributed by atoms with Crippen LogP contribution in [0.25, 0.3) is 0 Å². The molecule has 2 saturated carbocycles. The second-order valence-electron chi connectivity index (χ2n) is 9.43. The third kappa shape index (κ3) is 3.65. The Morgan fingerprint density at radius 1 is 0.571 bits per heavy atom. The summed E-state index contributed by atoms with van der Waals surface area (Å²) in [5.41, 5.74) is -0.518. The van der Waals surface area contributed by atoms with Crippen LogP contribution < -0.4 is 0 Å². The van der Waals surface area contributed by atoms with Crippen molar-refractivity contribution in [3.63, 3.8) is 0 Å². The van der Waals surface area contributed by atoms with Gasteiger partial charge in [0.1, 0.15) is 5.60 Å². The van der Waals surface area contributed by atoms with Gasteiger partial charge in [-0.15, -0.1) is 0 Å². The largest absolute Gasteiger partial charge is 0.377 e. The van der Waals surface area contributed by atoms with Crippen LogP contribution in [0.3, 0.4) is 0 Å². The fraction of sp³-hybridized carbons (Fsp3) is 1.00. The van der Waals surface area contributed by atoms with E-state index in [1.54, 1.807) is 0 Å². The lowest BCUT2D eigenvalue weighted by Crippen LogP contribution is -2.61. The molecule has 1 aliphatic heterocycles. The predicted octanol–water partition coefficient (Wildman–Crippen LogP) is 3.07. The fourth-order valence-corrected chi connectivity index (χ4v) is 6.12. The molecule has 4 atom stereocenters. The standard InChI is InChI=1S/C22H40O6/c1-19(2)18-6-7-20(19,3)22(5)21(18,4)27-16-14-25-12-10-23-8-9-24-11-13-26-15-17-28-22/h18H,6-17H2,1-5H3/t18-,20+,21+,22-/m0/s1. The van der Waals surface area contributed by atoms with E-state index in [1.165, 1.54) is 12.8 Å². The van der Waals surface area contributed by atoms with Crippen LogP contribution in [0.5, 0.6) is 0 Å². The van der Waals surface area contributed by atoms with E-state index >= 15 is 0 Å². The van der Waals surface area contributed by atoms with Crippen molar-refractivity contribution in [1.29, 1.82) is 0 Å². The molecule has 0 amide bonds. The molecular weight excluding hydrogens is 360 g/mol. The smallest absolute Gasteiger partial charge is 0.100 e. The molecule has 0 aromatic carbocycles. The molecule has 28 heavy (non-hydrogen) atoms. The van der Waals surface area contributed by atoms with Gasteiger partial charge in [0, 0.05) is 5.41 Å². The minimum atomic E-state index is -0.374. The molecule has 2 aliphatic carbocycles. The molecule has 0 spiro atoms.